The summed E-state index contributed by atoms with van der Waals surface area (Å²) in [4.78, 5) is 0. The average molecular weight is 134 g/mol. The summed E-state index contributed by atoms with van der Waals surface area (Å²) >= 11 is 3.94. The summed E-state index contributed by atoms with van der Waals surface area (Å²) in [5.74, 6) is 0. The summed E-state index contributed by atoms with van der Waals surface area (Å²) in [5, 5.41) is 2.99. The molecule has 8 heavy (non-hydrogen) atoms. The van der Waals surface area contributed by atoms with Crippen LogP contribution >= 0.6 is 12.6 Å². The van der Waals surface area contributed by atoms with Gasteiger partial charge in [0.1, 0.15) is 0 Å². The lowest BCUT2D eigenvalue weighted by molar-refractivity contribution is 0.628. The van der Waals surface area contributed by atoms with Gasteiger partial charge in [-0.1, -0.05) is 13.3 Å². The number of hydrogen-bond donors (Lipinski definition) is 3. The van der Waals surface area contributed by atoms with Crippen molar-refractivity contribution in [3.8, 4) is 0 Å². The third kappa shape index (κ3) is 6.27. The number of nitrogens with one attached hydrogen (secondary N) is 1. The van der Waals surface area contributed by atoms with Crippen LogP contribution in [-0.2, 0) is 0 Å². The maximum absolute atomic E-state index is 5.29. The Morgan fingerprint density at radius 3 is 2.75 bits per heavy atom. The van der Waals surface area contributed by atoms with E-state index in [9.17, 15) is 0 Å². The fourth-order valence-electron chi connectivity index (χ4n) is 0.427. The number of nitrogens with two attached hydrogens (primary N) is 1. The quantitative estimate of drug-likeness (QED) is 0.298. The van der Waals surface area contributed by atoms with Crippen LogP contribution in [0.2, 0.25) is 0 Å². The first kappa shape index (κ1) is 8.27. The van der Waals surface area contributed by atoms with Crippen molar-refractivity contribution in [1.82, 2.24) is 5.32 Å². The minimum absolute atomic E-state index is 0.151. The molecule has 50 valence electrons. The summed E-state index contributed by atoms with van der Waals surface area (Å²) in [5.41, 5.74) is 5.13. The Kier molecular flexibility index (Phi) is 5.59. The molecule has 0 aliphatic heterocycles. The van der Waals surface area contributed by atoms with E-state index >= 15 is 0 Å². The van der Waals surface area contributed by atoms with Gasteiger partial charge in [0, 0.05) is 0 Å². The Morgan fingerprint density at radius 1 is 1.75 bits per heavy atom. The van der Waals surface area contributed by atoms with Crippen LogP contribution in [0, 0.1) is 0 Å². The van der Waals surface area contributed by atoms with Crippen molar-refractivity contribution in [3.05, 3.63) is 0 Å². The Balaban J connectivity index is 2.72. The SMILES string of the molecule is CCCCNC(N)S. The zero-order valence-corrected chi connectivity index (χ0v) is 6.12. The Morgan fingerprint density at radius 2 is 2.38 bits per heavy atom. The van der Waals surface area contributed by atoms with Gasteiger partial charge in [-0.15, -0.1) is 12.6 Å². The van der Waals surface area contributed by atoms with Crippen LogP contribution in [0.1, 0.15) is 19.8 Å². The first-order chi connectivity index (χ1) is 3.77. The smallest absolute Gasteiger partial charge is 0.1000 e. The van der Waals surface area contributed by atoms with E-state index in [-0.39, 0.29) is 5.50 Å². The molecule has 2 nitrogen and oxygen atoms in total. The van der Waals surface area contributed by atoms with Crippen LogP contribution in [0.15, 0.2) is 0 Å². The molecule has 0 fully saturated rings. The van der Waals surface area contributed by atoms with Gasteiger partial charge in [-0.3, -0.25) is 5.32 Å². The largest absolute Gasteiger partial charge is 0.308 e. The molecule has 3 N–H and O–H groups in total. The molecule has 0 aromatic rings. The molecule has 0 heterocycles. The summed E-state index contributed by atoms with van der Waals surface area (Å²) in [7, 11) is 0. The molecule has 0 aromatic heterocycles. The molecule has 0 radical (unpaired) electrons. The molecule has 0 rings (SSSR count). The van der Waals surface area contributed by atoms with Crippen LogP contribution in [0.25, 0.3) is 0 Å². The summed E-state index contributed by atoms with van der Waals surface area (Å²) < 4.78 is 0. The van der Waals surface area contributed by atoms with Gasteiger partial charge in [0.15, 0.2) is 0 Å². The summed E-state index contributed by atoms with van der Waals surface area (Å²) in [6, 6.07) is 0. The van der Waals surface area contributed by atoms with Crippen molar-refractivity contribution in [3.63, 3.8) is 0 Å². The van der Waals surface area contributed by atoms with Gasteiger partial charge in [0.2, 0.25) is 0 Å². The lowest BCUT2D eigenvalue weighted by atomic mass is 10.3. The second-order valence-corrected chi connectivity index (χ2v) is 2.31. The minimum Gasteiger partial charge on any atom is -0.308 e. The Hall–Kier alpha value is 0.270. The van der Waals surface area contributed by atoms with E-state index in [4.69, 9.17) is 5.73 Å². The molecule has 0 amide bonds. The van der Waals surface area contributed by atoms with E-state index in [0.717, 1.165) is 6.54 Å². The normalized spacial score (nSPS) is 13.9. The molecule has 0 bridgehead atoms. The zero-order valence-electron chi connectivity index (χ0n) is 5.22. The minimum atomic E-state index is -0.151. The van der Waals surface area contributed by atoms with E-state index in [1.54, 1.807) is 0 Å². The van der Waals surface area contributed by atoms with Gasteiger partial charge < -0.3 is 5.73 Å². The molecule has 0 aliphatic rings. The van der Waals surface area contributed by atoms with Crippen LogP contribution in [0.4, 0.5) is 0 Å². The Bertz CT molecular complexity index is 47.7. The second kappa shape index (κ2) is 5.41. The van der Waals surface area contributed by atoms with Gasteiger partial charge in [0.05, 0.1) is 5.50 Å². The summed E-state index contributed by atoms with van der Waals surface area (Å²) in [6.07, 6.45) is 2.38. The van der Waals surface area contributed by atoms with E-state index in [2.05, 4.69) is 24.9 Å². The van der Waals surface area contributed by atoms with Gasteiger partial charge in [0.25, 0.3) is 0 Å². The van der Waals surface area contributed by atoms with Crippen LogP contribution in [0.5, 0.6) is 0 Å². The van der Waals surface area contributed by atoms with Crippen molar-refractivity contribution < 1.29 is 0 Å². The molecule has 0 aliphatic carbocycles. The first-order valence-corrected chi connectivity index (χ1v) is 3.46. The number of hydrogen-bond acceptors (Lipinski definition) is 3. The molecule has 0 saturated carbocycles. The van der Waals surface area contributed by atoms with Gasteiger partial charge in [-0.05, 0) is 13.0 Å². The van der Waals surface area contributed by atoms with Gasteiger partial charge in [-0.25, -0.2) is 0 Å². The fourth-order valence-corrected chi connectivity index (χ4v) is 0.556. The van der Waals surface area contributed by atoms with E-state index in [1.807, 2.05) is 0 Å². The molecule has 0 aromatic carbocycles. The van der Waals surface area contributed by atoms with Gasteiger partial charge >= 0.3 is 0 Å². The predicted octanol–water partition coefficient (Wildman–Crippen LogP) is 0.548. The monoisotopic (exact) mass is 134 g/mol. The third-order valence-corrected chi connectivity index (χ3v) is 1.07. The molecular weight excluding hydrogens is 120 g/mol. The molecule has 3 heteroatoms. The van der Waals surface area contributed by atoms with Crippen molar-refractivity contribution in [2.45, 2.75) is 25.3 Å². The fraction of sp³-hybridized carbons (Fsp3) is 1.00. The maximum Gasteiger partial charge on any atom is 0.1000 e. The highest BCUT2D eigenvalue weighted by molar-refractivity contribution is 7.80. The third-order valence-electron chi connectivity index (χ3n) is 0.884. The lowest BCUT2D eigenvalue weighted by Crippen LogP contribution is -2.32. The van der Waals surface area contributed by atoms with Crippen LogP contribution < -0.4 is 11.1 Å². The second-order valence-electron chi connectivity index (χ2n) is 1.75. The number of rotatable bonds is 4. The number of thiol groups is 1. The molecule has 1 atom stereocenters. The first-order valence-electron chi connectivity index (χ1n) is 2.94. The van der Waals surface area contributed by atoms with Crippen LogP contribution in [-0.4, -0.2) is 12.0 Å². The Labute approximate surface area is 56.2 Å². The maximum atomic E-state index is 5.29. The highest BCUT2D eigenvalue weighted by atomic mass is 32.1. The lowest BCUT2D eigenvalue weighted by Gasteiger charge is -2.04. The molecular formula is C5H14N2S. The topological polar surface area (TPSA) is 38.0 Å². The van der Waals surface area contributed by atoms with E-state index in [0.29, 0.717) is 0 Å². The van der Waals surface area contributed by atoms with E-state index < -0.39 is 0 Å². The van der Waals surface area contributed by atoms with Crippen molar-refractivity contribution >= 4 is 12.6 Å². The van der Waals surface area contributed by atoms with Crippen molar-refractivity contribution in [1.29, 1.82) is 0 Å². The van der Waals surface area contributed by atoms with E-state index in [1.165, 1.54) is 12.8 Å². The molecule has 0 spiro atoms. The molecule has 0 saturated heterocycles. The van der Waals surface area contributed by atoms with Crippen molar-refractivity contribution in [2.75, 3.05) is 6.54 Å². The van der Waals surface area contributed by atoms with Crippen LogP contribution in [0.3, 0.4) is 0 Å². The van der Waals surface area contributed by atoms with Crippen molar-refractivity contribution in [2.24, 2.45) is 5.73 Å². The summed E-state index contributed by atoms with van der Waals surface area (Å²) in [6.45, 7) is 3.12. The van der Waals surface area contributed by atoms with Gasteiger partial charge in [-0.2, -0.15) is 0 Å². The predicted molar refractivity (Wildman–Crippen MR) is 39.9 cm³/mol. The number of unbranched alkanes of at least 4 members (excludes halogenated alkanes) is 1. The highest BCUT2D eigenvalue weighted by Gasteiger charge is 1.88. The zero-order chi connectivity index (χ0) is 6.41. The molecule has 1 unspecified atom stereocenters. The highest BCUT2D eigenvalue weighted by Crippen LogP contribution is 1.84. The standard InChI is InChI=1S/C5H14N2S/c1-2-3-4-7-5(6)8/h5,7-8H,2-4,6H2,1H3. The average Bonchev–Trinajstić information content (AvgIpc) is 1.66.